The number of benzene rings is 7. The second-order valence-electron chi connectivity index (χ2n) is 31.5. The fraction of sp³-hybridized carbons (Fsp3) is 0.298. The van der Waals surface area contributed by atoms with E-state index in [1.807, 2.05) is 225 Å². The molecule has 18 rings (SSSR count). The van der Waals surface area contributed by atoms with Crippen LogP contribution in [0.5, 0.6) is 34.5 Å². The van der Waals surface area contributed by atoms with Gasteiger partial charge in [0.05, 0.1) is 33.9 Å². The Morgan fingerprint density at radius 3 is 1.31 bits per heavy atom. The number of amides is 3. The van der Waals surface area contributed by atoms with Crippen LogP contribution >= 0.6 is 0 Å². The number of carbonyl (C=O) groups excluding carboxylic acids is 3. The van der Waals surface area contributed by atoms with Gasteiger partial charge in [0.15, 0.2) is 16.9 Å². The first-order valence-electron chi connectivity index (χ1n) is 41.8. The van der Waals surface area contributed by atoms with Gasteiger partial charge in [-0.1, -0.05) is 98.7 Å². The van der Waals surface area contributed by atoms with E-state index < -0.39 is 0 Å². The van der Waals surface area contributed by atoms with Crippen LogP contribution in [0.4, 0.5) is 23.1 Å². The first-order chi connectivity index (χ1) is 59.1. The molecule has 13 aromatic rings. The van der Waals surface area contributed by atoms with Crippen molar-refractivity contribution in [3.8, 4) is 74.0 Å². The second kappa shape index (κ2) is 37.6. The molecule has 5 aliphatic rings. The van der Waals surface area contributed by atoms with E-state index >= 15 is 0 Å². The number of nitrogens with zero attached hydrogens (tertiary/aromatic N) is 17. The van der Waals surface area contributed by atoms with Crippen molar-refractivity contribution < 1.29 is 28.6 Å². The molecule has 5 fully saturated rings. The zero-order valence-electron chi connectivity index (χ0n) is 68.6. The highest BCUT2D eigenvalue weighted by Gasteiger charge is 2.34. The fourth-order valence-corrected chi connectivity index (χ4v) is 15.9. The maximum Gasteiger partial charge on any atom is 0.248 e. The van der Waals surface area contributed by atoms with Gasteiger partial charge in [0.1, 0.15) is 88.0 Å². The Kier molecular flexibility index (Phi) is 25.3. The topological polar surface area (TPSA) is 316 Å². The molecule has 2 atom stereocenters. The van der Waals surface area contributed by atoms with Crippen LogP contribution in [0, 0.1) is 0 Å². The minimum Gasteiger partial charge on any atom is -0.457 e. The van der Waals surface area contributed by atoms with Gasteiger partial charge in [-0.3, -0.25) is 29.1 Å². The lowest BCUT2D eigenvalue weighted by Crippen LogP contribution is -2.44. The van der Waals surface area contributed by atoms with Gasteiger partial charge in [0.25, 0.3) is 0 Å². The number of rotatable bonds is 27. The average Bonchev–Trinajstić information content (AvgIpc) is 1.62. The summed E-state index contributed by atoms with van der Waals surface area (Å²) in [5, 5.41) is 19.9. The van der Waals surface area contributed by atoms with Gasteiger partial charge in [-0.05, 0) is 206 Å². The number of hydrogen-bond donors (Lipinski definition) is 4. The van der Waals surface area contributed by atoms with Gasteiger partial charge in [-0.15, -0.1) is 0 Å². The fourth-order valence-electron chi connectivity index (χ4n) is 15.9. The second-order valence-corrected chi connectivity index (χ2v) is 31.5. The van der Waals surface area contributed by atoms with Crippen molar-refractivity contribution in [1.82, 2.24) is 83.7 Å². The molecule has 0 bridgehead atoms. The summed E-state index contributed by atoms with van der Waals surface area (Å²) in [6, 6.07) is 62.0. The maximum atomic E-state index is 13.1. The van der Waals surface area contributed by atoms with Crippen LogP contribution < -0.4 is 36.7 Å². The number of fused-ring (bicyclic) bond motifs is 3. The zero-order chi connectivity index (χ0) is 83.3. The van der Waals surface area contributed by atoms with Crippen molar-refractivity contribution in [2.45, 2.75) is 121 Å². The molecular weight excluding hydrogens is 1520 g/mol. The molecule has 121 heavy (non-hydrogen) atoms. The number of nitrogens with one attached hydrogen (secondary N) is 1. The smallest absolute Gasteiger partial charge is 0.248 e. The third-order valence-electron chi connectivity index (χ3n) is 23.1. The van der Waals surface area contributed by atoms with E-state index in [1.165, 1.54) is 70.3 Å². The predicted octanol–water partition coefficient (Wildman–Crippen LogP) is 16.0. The highest BCUT2D eigenvalue weighted by Crippen LogP contribution is 2.40. The molecule has 3 aliphatic carbocycles. The number of anilines is 4. The first kappa shape index (κ1) is 81.3. The number of hydrogen-bond acceptors (Lipinski definition) is 21. The summed E-state index contributed by atoms with van der Waals surface area (Å²) in [6.45, 7) is 12.5. The van der Waals surface area contributed by atoms with Gasteiger partial charge in [0.2, 0.25) is 17.7 Å². The van der Waals surface area contributed by atoms with Gasteiger partial charge in [0, 0.05) is 111 Å². The molecule has 0 spiro atoms. The zero-order valence-corrected chi connectivity index (χ0v) is 68.6. The number of carbonyl (C=O) groups is 3. The standard InChI is InChI=1S/C32H37N7O2.C31H29N7O2.C31H35N7O2/c1-22(2)38(24-8-6-9-24)18-7-12-28(40)37-19-17-25(20-37)39-32-29(31(33)34-21-35-32)30(36-39)23-13-15-27(16-14-23)41-26-10-4-3-5-11-26;1-37(23-14-15-23)18-6-11-27(39)35-22-7-5-8-24(19-22)38-31-28(30(32)33-20-34-31)29(36-38)21-12-16-26(17-13-21)40-25-9-3-2-4-10-25;1-2-36(23-8-6-9-23)18-7-12-27(39)37-19-17-24(20-37)38-31-28(30(32)33-21-34-31)29(35-38)22-13-15-26(16-14-22)40-25-10-4-3-5-11-25/h3-5,7,10-16,21-22,24-25H,6,8-9,17-20H2,1-2H3,(H2,33,34,35);2-13,16-17,19-20,23H,14-15,18H2,1H3,(H,35,39)(H2,32,33,34);3-5,7,10-16,21,23-24H,2,6,8-9,17-20H2,1H3,(H2,32,33,34)/b12-7+;11-6+;12-7+/t25-;;24-/m1.1/s1. The van der Waals surface area contributed by atoms with E-state index in [2.05, 4.69) is 77.7 Å². The van der Waals surface area contributed by atoms with Crippen LogP contribution in [0.2, 0.25) is 0 Å². The van der Waals surface area contributed by atoms with E-state index in [0.717, 1.165) is 112 Å². The normalized spacial score (nSPS) is 16.2. The molecule has 7 N–H and O–H groups in total. The van der Waals surface area contributed by atoms with E-state index in [1.54, 1.807) is 22.9 Å². The molecule has 2 aliphatic heterocycles. The molecule has 2 saturated heterocycles. The van der Waals surface area contributed by atoms with Gasteiger partial charge < -0.3 is 46.5 Å². The van der Waals surface area contributed by atoms with E-state index in [-0.39, 0.29) is 29.8 Å². The Balaban J connectivity index is 0.000000135. The average molecular weight is 1620 g/mol. The molecule has 7 aromatic carbocycles. The predicted molar refractivity (Wildman–Crippen MR) is 473 cm³/mol. The summed E-state index contributed by atoms with van der Waals surface area (Å²) >= 11 is 0. The maximum absolute atomic E-state index is 13.1. The van der Waals surface area contributed by atoms with E-state index in [9.17, 15) is 14.4 Å². The molecule has 8 heterocycles. The highest BCUT2D eigenvalue weighted by atomic mass is 16.5. The van der Waals surface area contributed by atoms with Crippen molar-refractivity contribution in [1.29, 1.82) is 0 Å². The number of para-hydroxylation sites is 3. The molecule has 0 unspecified atom stereocenters. The minimum atomic E-state index is -0.184. The van der Waals surface area contributed by atoms with Crippen LogP contribution in [0.1, 0.15) is 97.1 Å². The van der Waals surface area contributed by atoms with E-state index in [4.69, 9.17) is 46.7 Å². The summed E-state index contributed by atoms with van der Waals surface area (Å²) in [5.74, 6) is 5.50. The highest BCUT2D eigenvalue weighted by molar-refractivity contribution is 6.02. The molecular formula is C94H101N21O6. The van der Waals surface area contributed by atoms with Crippen LogP contribution in [0.3, 0.4) is 0 Å². The monoisotopic (exact) mass is 1620 g/mol. The Hall–Kier alpha value is -13.5. The largest absolute Gasteiger partial charge is 0.457 e. The van der Waals surface area contributed by atoms with Crippen molar-refractivity contribution in [2.24, 2.45) is 0 Å². The lowest BCUT2D eigenvalue weighted by atomic mass is 9.90. The Morgan fingerprint density at radius 1 is 0.463 bits per heavy atom. The third-order valence-corrected chi connectivity index (χ3v) is 23.1. The number of aromatic nitrogens is 12. The molecule has 0 radical (unpaired) electrons. The number of likely N-dealkylation sites (N-methyl/N-ethyl adjacent to an activating group) is 2. The van der Waals surface area contributed by atoms with E-state index in [0.29, 0.717) is 107 Å². The molecule has 6 aromatic heterocycles. The van der Waals surface area contributed by atoms with Gasteiger partial charge in [-0.25, -0.2) is 43.9 Å². The first-order valence-corrected chi connectivity index (χ1v) is 41.8. The lowest BCUT2D eigenvalue weighted by Gasteiger charge is -2.39. The summed E-state index contributed by atoms with van der Waals surface area (Å²) in [7, 11) is 2.08. The lowest BCUT2D eigenvalue weighted by molar-refractivity contribution is -0.125. The SMILES string of the molecule is CC(C)N(C/C=C/C(=O)N1CC[C@@H](n2nc(-c3ccc(Oc4ccccc4)cc3)c3c(N)ncnc32)C1)C1CCC1.CCN(C/C=C/C(=O)N1CC[C@@H](n2nc(-c3ccc(Oc4ccccc4)cc3)c3c(N)ncnc32)C1)C1CCC1.CN(C/C=C/C(=O)Nc1cccc(-n2nc(-c3ccc(Oc4ccccc4)cc3)c3c(N)ncnc32)c1)C1CC1. The molecule has 27 heteroatoms. The number of nitrogen functional groups attached to an aromatic ring is 3. The van der Waals surface area contributed by atoms with Crippen molar-refractivity contribution in [2.75, 3.05) is 81.9 Å². The van der Waals surface area contributed by atoms with Gasteiger partial charge >= 0.3 is 0 Å². The summed E-state index contributed by atoms with van der Waals surface area (Å²) < 4.78 is 23.4. The number of likely N-dealkylation sites (tertiary alicyclic amines) is 2. The number of ether oxygens (including phenoxy) is 3. The third kappa shape index (κ3) is 19.3. The summed E-state index contributed by atoms with van der Waals surface area (Å²) in [5.41, 5.74) is 27.0. The van der Waals surface area contributed by atoms with Crippen molar-refractivity contribution in [3.63, 3.8) is 0 Å². The summed E-state index contributed by atoms with van der Waals surface area (Å²) in [4.78, 5) is 75.8. The van der Waals surface area contributed by atoms with Gasteiger partial charge in [-0.2, -0.15) is 15.3 Å². The quantitative estimate of drug-likeness (QED) is 0.0348. The Bertz CT molecular complexity index is 5830. The van der Waals surface area contributed by atoms with Crippen LogP contribution in [-0.2, 0) is 14.4 Å². The van der Waals surface area contributed by atoms with Crippen molar-refractivity contribution in [3.05, 3.63) is 243 Å². The molecule has 618 valence electrons. The Morgan fingerprint density at radius 2 is 0.884 bits per heavy atom. The van der Waals surface area contributed by atoms with Crippen molar-refractivity contribution >= 4 is 74.0 Å². The number of nitrogens with two attached hydrogens (primary N) is 3. The van der Waals surface area contributed by atoms with Crippen LogP contribution in [-0.4, -0.2) is 185 Å². The van der Waals surface area contributed by atoms with Crippen LogP contribution in [0.15, 0.2) is 243 Å². The Labute approximate surface area is 703 Å². The summed E-state index contributed by atoms with van der Waals surface area (Å²) in [6.07, 6.45) is 27.1. The molecule has 27 nitrogen and oxygen atoms in total. The molecule has 3 saturated carbocycles. The van der Waals surface area contributed by atoms with Crippen LogP contribution in [0.25, 0.3) is 72.6 Å². The molecule has 3 amide bonds. The minimum absolute atomic E-state index is 0.000672.